The van der Waals surface area contributed by atoms with Gasteiger partial charge in [-0.25, -0.2) is 4.39 Å². The van der Waals surface area contributed by atoms with Crippen molar-refractivity contribution < 1.29 is 14.6 Å². The average molecular weight is 185 g/mol. The van der Waals surface area contributed by atoms with Gasteiger partial charge in [0.05, 0.1) is 6.10 Å². The highest BCUT2D eigenvalue weighted by molar-refractivity contribution is 5.34. The summed E-state index contributed by atoms with van der Waals surface area (Å²) in [5.41, 5.74) is 5.41. The molecule has 0 spiro atoms. The van der Waals surface area contributed by atoms with Crippen LogP contribution in [0.5, 0.6) is 5.75 Å². The summed E-state index contributed by atoms with van der Waals surface area (Å²) < 4.78 is 12.7. The molecule has 0 bridgehead atoms. The maximum Gasteiger partial charge on any atom is 0.123 e. The second-order valence-corrected chi connectivity index (χ2v) is 2.80. The summed E-state index contributed by atoms with van der Waals surface area (Å²) in [7, 11) is 0. The monoisotopic (exact) mass is 185 g/mol. The van der Waals surface area contributed by atoms with Crippen LogP contribution in [0.15, 0.2) is 18.2 Å². The van der Waals surface area contributed by atoms with Gasteiger partial charge in [-0.1, -0.05) is 0 Å². The van der Waals surface area contributed by atoms with Crippen LogP contribution in [0.1, 0.15) is 18.1 Å². The zero-order valence-electron chi connectivity index (χ0n) is 7.07. The molecular formula is C9H12FNO2. The molecule has 0 aliphatic rings. The number of rotatable bonds is 3. The third-order valence-corrected chi connectivity index (χ3v) is 1.79. The van der Waals surface area contributed by atoms with Gasteiger partial charge < -0.3 is 15.9 Å². The summed E-state index contributed by atoms with van der Waals surface area (Å²) in [6, 6.07) is 3.45. The van der Waals surface area contributed by atoms with Crippen LogP contribution in [0.3, 0.4) is 0 Å². The Hall–Kier alpha value is -1.13. The lowest BCUT2D eigenvalue weighted by atomic mass is 10.1. The smallest absolute Gasteiger partial charge is 0.123 e. The van der Waals surface area contributed by atoms with E-state index in [1.165, 1.54) is 6.07 Å². The zero-order chi connectivity index (χ0) is 9.84. The molecule has 0 fully saturated rings. The van der Waals surface area contributed by atoms with Gasteiger partial charge >= 0.3 is 0 Å². The Kier molecular flexibility index (Phi) is 3.22. The summed E-state index contributed by atoms with van der Waals surface area (Å²) in [6.07, 6.45) is -0.600. The van der Waals surface area contributed by atoms with Gasteiger partial charge in [-0.3, -0.25) is 0 Å². The largest absolute Gasteiger partial charge is 0.508 e. The standard InChI is InChI=1S/C9H12FNO2/c10-6-1-2-8(12)7(5-6)9(13)3-4-11/h1-2,5,9,12-13H,3-4,11H2/t9-/m0/s1. The quantitative estimate of drug-likeness (QED) is 0.655. The van der Waals surface area contributed by atoms with E-state index in [9.17, 15) is 14.6 Å². The van der Waals surface area contributed by atoms with Gasteiger partial charge in [-0.2, -0.15) is 0 Å². The van der Waals surface area contributed by atoms with Crippen molar-refractivity contribution in [1.82, 2.24) is 0 Å². The Balaban J connectivity index is 2.91. The molecule has 0 aliphatic heterocycles. The van der Waals surface area contributed by atoms with E-state index in [0.29, 0.717) is 6.42 Å². The third-order valence-electron chi connectivity index (χ3n) is 1.79. The van der Waals surface area contributed by atoms with Crippen LogP contribution in [-0.4, -0.2) is 16.8 Å². The number of aliphatic hydroxyl groups excluding tert-OH is 1. The summed E-state index contributed by atoms with van der Waals surface area (Å²) >= 11 is 0. The summed E-state index contributed by atoms with van der Waals surface area (Å²) in [5.74, 6) is -0.591. The van der Waals surface area contributed by atoms with E-state index in [2.05, 4.69) is 0 Å². The van der Waals surface area contributed by atoms with Crippen molar-refractivity contribution in [3.8, 4) is 5.75 Å². The number of phenols is 1. The van der Waals surface area contributed by atoms with E-state index < -0.39 is 11.9 Å². The van der Waals surface area contributed by atoms with Crippen LogP contribution in [0, 0.1) is 5.82 Å². The van der Waals surface area contributed by atoms with Gasteiger partial charge in [0.15, 0.2) is 0 Å². The van der Waals surface area contributed by atoms with Crippen LogP contribution in [0.2, 0.25) is 0 Å². The van der Waals surface area contributed by atoms with Crippen LogP contribution < -0.4 is 5.73 Å². The lowest BCUT2D eigenvalue weighted by Crippen LogP contribution is -2.07. The predicted octanol–water partition coefficient (Wildman–Crippen LogP) is 0.914. The maximum absolute atomic E-state index is 12.7. The van der Waals surface area contributed by atoms with Crippen molar-refractivity contribution in [3.63, 3.8) is 0 Å². The fourth-order valence-corrected chi connectivity index (χ4v) is 1.11. The Morgan fingerprint density at radius 3 is 2.77 bits per heavy atom. The van der Waals surface area contributed by atoms with Gasteiger partial charge in [-0.05, 0) is 31.2 Å². The molecular weight excluding hydrogens is 173 g/mol. The van der Waals surface area contributed by atoms with Crippen molar-refractivity contribution in [3.05, 3.63) is 29.6 Å². The average Bonchev–Trinajstić information content (AvgIpc) is 2.09. The normalized spacial score (nSPS) is 12.8. The van der Waals surface area contributed by atoms with E-state index in [-0.39, 0.29) is 17.9 Å². The molecule has 0 unspecified atom stereocenters. The molecule has 72 valence electrons. The van der Waals surface area contributed by atoms with E-state index in [1.54, 1.807) is 0 Å². The highest BCUT2D eigenvalue weighted by Crippen LogP contribution is 2.26. The van der Waals surface area contributed by atoms with Crippen molar-refractivity contribution in [1.29, 1.82) is 0 Å². The summed E-state index contributed by atoms with van der Waals surface area (Å²) in [5, 5.41) is 18.7. The summed E-state index contributed by atoms with van der Waals surface area (Å²) in [6.45, 7) is 0.289. The first-order valence-corrected chi connectivity index (χ1v) is 4.01. The highest BCUT2D eigenvalue weighted by atomic mass is 19.1. The second-order valence-electron chi connectivity index (χ2n) is 2.80. The number of aliphatic hydroxyl groups is 1. The van der Waals surface area contributed by atoms with E-state index in [1.807, 2.05) is 0 Å². The number of halogens is 1. The molecule has 0 saturated carbocycles. The molecule has 1 rings (SSSR count). The Labute approximate surface area is 75.6 Å². The first-order valence-electron chi connectivity index (χ1n) is 4.01. The van der Waals surface area contributed by atoms with Gasteiger partial charge in [0, 0.05) is 5.56 Å². The van der Waals surface area contributed by atoms with Crippen molar-refractivity contribution >= 4 is 0 Å². The first kappa shape index (κ1) is 9.95. The van der Waals surface area contributed by atoms with Crippen molar-refractivity contribution in [2.75, 3.05) is 6.54 Å². The second kappa shape index (κ2) is 4.20. The van der Waals surface area contributed by atoms with E-state index in [0.717, 1.165) is 12.1 Å². The van der Waals surface area contributed by atoms with Gasteiger partial charge in [0.2, 0.25) is 0 Å². The van der Waals surface area contributed by atoms with Crippen LogP contribution in [0.25, 0.3) is 0 Å². The fraction of sp³-hybridized carbons (Fsp3) is 0.333. The highest BCUT2D eigenvalue weighted by Gasteiger charge is 2.11. The number of benzene rings is 1. The van der Waals surface area contributed by atoms with Crippen LogP contribution in [0.4, 0.5) is 4.39 Å². The minimum Gasteiger partial charge on any atom is -0.508 e. The number of phenolic OH excluding ortho intramolecular Hbond substituents is 1. The third kappa shape index (κ3) is 2.40. The van der Waals surface area contributed by atoms with E-state index in [4.69, 9.17) is 5.73 Å². The van der Waals surface area contributed by atoms with Crippen molar-refractivity contribution in [2.45, 2.75) is 12.5 Å². The Morgan fingerprint density at radius 1 is 1.46 bits per heavy atom. The molecule has 0 aromatic heterocycles. The first-order chi connectivity index (χ1) is 6.15. The van der Waals surface area contributed by atoms with E-state index >= 15 is 0 Å². The molecule has 3 nitrogen and oxygen atoms in total. The van der Waals surface area contributed by atoms with Crippen molar-refractivity contribution in [2.24, 2.45) is 5.73 Å². The minimum absolute atomic E-state index is 0.109. The van der Waals surface area contributed by atoms with Crippen LogP contribution >= 0.6 is 0 Å². The SMILES string of the molecule is NCC[C@H](O)c1cc(F)ccc1O. The summed E-state index contributed by atoms with van der Waals surface area (Å²) in [4.78, 5) is 0. The lowest BCUT2D eigenvalue weighted by molar-refractivity contribution is 0.166. The molecule has 0 aliphatic carbocycles. The number of hydrogen-bond donors (Lipinski definition) is 3. The Bertz CT molecular complexity index is 291. The molecule has 0 amide bonds. The van der Waals surface area contributed by atoms with Gasteiger partial charge in [-0.15, -0.1) is 0 Å². The van der Waals surface area contributed by atoms with Crippen LogP contribution in [-0.2, 0) is 0 Å². The Morgan fingerprint density at radius 2 is 2.15 bits per heavy atom. The topological polar surface area (TPSA) is 66.5 Å². The fourth-order valence-electron chi connectivity index (χ4n) is 1.11. The van der Waals surface area contributed by atoms with Gasteiger partial charge in [0.1, 0.15) is 11.6 Å². The molecule has 0 heterocycles. The maximum atomic E-state index is 12.7. The predicted molar refractivity (Wildman–Crippen MR) is 46.7 cm³/mol. The molecule has 1 aromatic rings. The van der Waals surface area contributed by atoms with Gasteiger partial charge in [0.25, 0.3) is 0 Å². The molecule has 0 radical (unpaired) electrons. The molecule has 1 atom stereocenters. The molecule has 0 saturated heterocycles. The minimum atomic E-state index is -0.902. The molecule has 4 N–H and O–H groups in total. The molecule has 13 heavy (non-hydrogen) atoms. The number of aromatic hydroxyl groups is 1. The number of nitrogens with two attached hydrogens (primary N) is 1. The number of hydrogen-bond acceptors (Lipinski definition) is 3. The lowest BCUT2D eigenvalue weighted by Gasteiger charge is -2.10. The zero-order valence-corrected chi connectivity index (χ0v) is 7.07. The molecule has 4 heteroatoms. The molecule has 1 aromatic carbocycles.